The van der Waals surface area contributed by atoms with Gasteiger partial charge in [0.15, 0.2) is 0 Å². The molecular formula is C31H35Cl2FN4O4S. The molecular weight excluding hydrogens is 614 g/mol. The standard InChI is InChI=1S/C31H35Cl2FN4O4S/c1-36(2)43(41,42)38(25-17-15-23(34)16-18-25)21-30(39)37(20-26-27(32)13-8-14-28(26)33)29(19-22-9-4-3-5-10-22)31(40)35-24-11-6-7-12-24/h3-5,8-10,13-18,24,29H,6-7,11-12,19-21H2,1-2H3,(H,35,40)/t29-/m0/s1. The normalized spacial score (nSPS) is 14.5. The summed E-state index contributed by atoms with van der Waals surface area (Å²) in [4.78, 5) is 29.6. The Balaban J connectivity index is 1.78. The summed E-state index contributed by atoms with van der Waals surface area (Å²) < 4.78 is 42.5. The minimum Gasteiger partial charge on any atom is -0.352 e. The molecule has 1 atom stereocenters. The molecule has 43 heavy (non-hydrogen) atoms. The number of carbonyl (C=O) groups is 2. The second-order valence-corrected chi connectivity index (χ2v) is 13.6. The first-order valence-electron chi connectivity index (χ1n) is 14.0. The maximum atomic E-state index is 14.3. The zero-order valence-corrected chi connectivity index (χ0v) is 26.4. The van der Waals surface area contributed by atoms with Crippen LogP contribution in [0.4, 0.5) is 10.1 Å². The number of nitrogens with zero attached hydrogens (tertiary/aromatic N) is 3. The van der Waals surface area contributed by atoms with Crippen molar-refractivity contribution < 1.29 is 22.4 Å². The molecule has 0 saturated heterocycles. The minimum absolute atomic E-state index is 0.0172. The molecule has 0 aromatic heterocycles. The molecule has 230 valence electrons. The Morgan fingerprint density at radius 1 is 0.930 bits per heavy atom. The van der Waals surface area contributed by atoms with E-state index in [9.17, 15) is 22.4 Å². The third-order valence-electron chi connectivity index (χ3n) is 7.50. The highest BCUT2D eigenvalue weighted by molar-refractivity contribution is 7.90. The number of nitrogens with one attached hydrogen (secondary N) is 1. The SMILES string of the molecule is CN(C)S(=O)(=O)N(CC(=O)N(Cc1c(Cl)cccc1Cl)[C@@H](Cc1ccccc1)C(=O)NC1CCCC1)c1ccc(F)cc1. The van der Waals surface area contributed by atoms with Crippen molar-refractivity contribution in [3.05, 3.63) is 99.8 Å². The Labute approximate surface area is 262 Å². The molecule has 3 aromatic carbocycles. The minimum atomic E-state index is -4.20. The number of anilines is 1. The van der Waals surface area contributed by atoms with Crippen LogP contribution >= 0.6 is 23.2 Å². The van der Waals surface area contributed by atoms with E-state index in [-0.39, 0.29) is 30.6 Å². The molecule has 0 aliphatic heterocycles. The number of hydrogen-bond acceptors (Lipinski definition) is 4. The van der Waals surface area contributed by atoms with Gasteiger partial charge in [-0.25, -0.2) is 8.70 Å². The lowest BCUT2D eigenvalue weighted by molar-refractivity contribution is -0.140. The van der Waals surface area contributed by atoms with Gasteiger partial charge in [-0.1, -0.05) is 72.4 Å². The fourth-order valence-corrected chi connectivity index (χ4v) is 6.67. The average molecular weight is 650 g/mol. The van der Waals surface area contributed by atoms with Gasteiger partial charge in [0, 0.05) is 48.7 Å². The average Bonchev–Trinajstić information content (AvgIpc) is 3.49. The molecule has 1 saturated carbocycles. The Hall–Kier alpha value is -3.18. The number of amides is 2. The van der Waals surface area contributed by atoms with Gasteiger partial charge in [0.1, 0.15) is 18.4 Å². The van der Waals surface area contributed by atoms with E-state index in [4.69, 9.17) is 23.2 Å². The molecule has 0 unspecified atom stereocenters. The molecule has 0 spiro atoms. The lowest BCUT2D eigenvalue weighted by Crippen LogP contribution is -2.55. The van der Waals surface area contributed by atoms with Crippen LogP contribution in [0.15, 0.2) is 72.8 Å². The number of rotatable bonds is 12. The fourth-order valence-electron chi connectivity index (χ4n) is 5.10. The van der Waals surface area contributed by atoms with Crippen LogP contribution in [0, 0.1) is 5.82 Å². The predicted molar refractivity (Wildman–Crippen MR) is 168 cm³/mol. The second kappa shape index (κ2) is 14.5. The smallest absolute Gasteiger partial charge is 0.304 e. The van der Waals surface area contributed by atoms with E-state index in [2.05, 4.69) is 5.32 Å². The van der Waals surface area contributed by atoms with Crippen LogP contribution in [0.1, 0.15) is 36.8 Å². The van der Waals surface area contributed by atoms with E-state index in [0.717, 1.165) is 52.0 Å². The zero-order valence-electron chi connectivity index (χ0n) is 24.0. The monoisotopic (exact) mass is 648 g/mol. The van der Waals surface area contributed by atoms with Crippen molar-refractivity contribution in [2.24, 2.45) is 0 Å². The molecule has 1 aliphatic carbocycles. The largest absolute Gasteiger partial charge is 0.352 e. The van der Waals surface area contributed by atoms with Crippen molar-refractivity contribution in [3.63, 3.8) is 0 Å². The van der Waals surface area contributed by atoms with Crippen LogP contribution in [0.25, 0.3) is 0 Å². The number of benzene rings is 3. The lowest BCUT2D eigenvalue weighted by atomic mass is 10.0. The molecule has 0 bridgehead atoms. The van der Waals surface area contributed by atoms with Gasteiger partial charge in [0.05, 0.1) is 5.69 Å². The van der Waals surface area contributed by atoms with Gasteiger partial charge in [-0.2, -0.15) is 12.7 Å². The highest BCUT2D eigenvalue weighted by atomic mass is 35.5. The topological polar surface area (TPSA) is 90.0 Å². The highest BCUT2D eigenvalue weighted by Crippen LogP contribution is 2.29. The quantitative estimate of drug-likeness (QED) is 0.283. The van der Waals surface area contributed by atoms with Gasteiger partial charge in [-0.3, -0.25) is 9.59 Å². The summed E-state index contributed by atoms with van der Waals surface area (Å²) in [7, 11) is -1.53. The molecule has 4 rings (SSSR count). The van der Waals surface area contributed by atoms with E-state index >= 15 is 0 Å². The third kappa shape index (κ3) is 8.26. The van der Waals surface area contributed by atoms with Crippen LogP contribution in [-0.4, -0.2) is 62.2 Å². The predicted octanol–water partition coefficient (Wildman–Crippen LogP) is 5.44. The van der Waals surface area contributed by atoms with Crippen LogP contribution in [0.5, 0.6) is 0 Å². The summed E-state index contributed by atoms with van der Waals surface area (Å²) in [6.07, 6.45) is 3.85. The number of carbonyl (C=O) groups excluding carboxylic acids is 2. The Kier molecular flexibility index (Phi) is 11.1. The van der Waals surface area contributed by atoms with Crippen molar-refractivity contribution in [2.75, 3.05) is 24.9 Å². The van der Waals surface area contributed by atoms with Crippen LogP contribution < -0.4 is 9.62 Å². The van der Waals surface area contributed by atoms with E-state index in [1.165, 1.54) is 31.1 Å². The van der Waals surface area contributed by atoms with Gasteiger partial charge in [-0.05, 0) is 54.8 Å². The molecule has 0 radical (unpaired) electrons. The van der Waals surface area contributed by atoms with Crippen LogP contribution in [0.3, 0.4) is 0 Å². The van der Waals surface area contributed by atoms with Crippen molar-refractivity contribution in [3.8, 4) is 0 Å². The first-order valence-corrected chi connectivity index (χ1v) is 16.1. The van der Waals surface area contributed by atoms with Gasteiger partial charge in [-0.15, -0.1) is 0 Å². The number of hydrogen-bond donors (Lipinski definition) is 1. The van der Waals surface area contributed by atoms with Crippen molar-refractivity contribution in [1.29, 1.82) is 0 Å². The van der Waals surface area contributed by atoms with E-state index < -0.39 is 34.5 Å². The van der Waals surface area contributed by atoms with E-state index in [1.54, 1.807) is 18.2 Å². The molecule has 0 heterocycles. The molecule has 2 amide bonds. The molecule has 8 nitrogen and oxygen atoms in total. The molecule has 12 heteroatoms. The number of halogens is 3. The second-order valence-electron chi connectivity index (χ2n) is 10.7. The fraction of sp³-hybridized carbons (Fsp3) is 0.355. The Morgan fingerprint density at radius 3 is 2.12 bits per heavy atom. The molecule has 3 aromatic rings. The Bertz CT molecular complexity index is 1500. The van der Waals surface area contributed by atoms with Gasteiger partial charge in [0.2, 0.25) is 11.8 Å². The van der Waals surface area contributed by atoms with E-state index in [1.807, 2.05) is 30.3 Å². The maximum Gasteiger partial charge on any atom is 0.304 e. The Morgan fingerprint density at radius 2 is 1.53 bits per heavy atom. The summed E-state index contributed by atoms with van der Waals surface area (Å²) in [5, 5.41) is 3.71. The zero-order chi connectivity index (χ0) is 31.1. The summed E-state index contributed by atoms with van der Waals surface area (Å²) in [6, 6.07) is 18.0. The summed E-state index contributed by atoms with van der Waals surface area (Å²) in [5.41, 5.74) is 1.33. The molecule has 1 N–H and O–H groups in total. The van der Waals surface area contributed by atoms with Crippen LogP contribution in [0.2, 0.25) is 10.0 Å². The van der Waals surface area contributed by atoms with Gasteiger partial charge in [0.25, 0.3) is 0 Å². The van der Waals surface area contributed by atoms with Gasteiger partial charge >= 0.3 is 10.2 Å². The first kappa shape index (κ1) is 32.7. The molecule has 1 fully saturated rings. The van der Waals surface area contributed by atoms with Crippen molar-refractivity contribution in [2.45, 2.75) is 50.7 Å². The lowest BCUT2D eigenvalue weighted by Gasteiger charge is -2.35. The van der Waals surface area contributed by atoms with Gasteiger partial charge < -0.3 is 10.2 Å². The summed E-state index contributed by atoms with van der Waals surface area (Å²) >= 11 is 13.0. The van der Waals surface area contributed by atoms with Crippen molar-refractivity contribution in [1.82, 2.24) is 14.5 Å². The summed E-state index contributed by atoms with van der Waals surface area (Å²) in [5.74, 6) is -1.57. The summed E-state index contributed by atoms with van der Waals surface area (Å²) in [6.45, 7) is -0.803. The van der Waals surface area contributed by atoms with E-state index in [0.29, 0.717) is 15.6 Å². The van der Waals surface area contributed by atoms with Crippen molar-refractivity contribution >= 4 is 50.9 Å². The van der Waals surface area contributed by atoms with Crippen LogP contribution in [-0.2, 0) is 32.8 Å². The maximum absolute atomic E-state index is 14.3. The molecule has 1 aliphatic rings. The highest BCUT2D eigenvalue weighted by Gasteiger charge is 2.36. The first-order chi connectivity index (χ1) is 20.5. The third-order valence-corrected chi connectivity index (χ3v) is 10.0.